The second kappa shape index (κ2) is 2.84. The van der Waals surface area contributed by atoms with E-state index in [1.54, 1.807) is 6.92 Å². The van der Waals surface area contributed by atoms with Gasteiger partial charge in [0.2, 0.25) is 0 Å². The van der Waals surface area contributed by atoms with Crippen molar-refractivity contribution in [3.63, 3.8) is 0 Å². The molecule has 1 rings (SSSR count). The van der Waals surface area contributed by atoms with E-state index in [4.69, 9.17) is 7.10 Å². The maximum atomic E-state index is 7.52. The van der Waals surface area contributed by atoms with Gasteiger partial charge in [-0.1, -0.05) is 29.8 Å². The van der Waals surface area contributed by atoms with Crippen LogP contribution in [0.5, 0.6) is 0 Å². The van der Waals surface area contributed by atoms with Gasteiger partial charge in [0.05, 0.1) is 1.37 Å². The van der Waals surface area contributed by atoms with E-state index in [1.165, 1.54) is 5.56 Å². The van der Waals surface area contributed by atoms with Crippen molar-refractivity contribution in [1.82, 2.24) is 0 Å². The molecule has 0 aliphatic carbocycles. The second-order valence-electron chi connectivity index (χ2n) is 2.55. The zero-order valence-corrected chi connectivity index (χ0v) is 6.39. The van der Waals surface area contributed by atoms with Crippen LogP contribution in [0.25, 0.3) is 0 Å². The highest BCUT2D eigenvalue weighted by molar-refractivity contribution is 5.23. The summed E-state index contributed by atoms with van der Waals surface area (Å²) in [5, 5.41) is 0. The first-order chi connectivity index (χ1) is 5.00. The topological polar surface area (TPSA) is 26.0 Å². The van der Waals surface area contributed by atoms with Gasteiger partial charge in [-0.25, -0.2) is 0 Å². The standard InChI is InChI=1S/C9H13N/c1-7-3-5-9(6-4-7)8(2)10/h3-6,8H,10H2,1-2H3/i8D. The van der Waals surface area contributed by atoms with Gasteiger partial charge in [-0.3, -0.25) is 0 Å². The Hall–Kier alpha value is -0.820. The Morgan fingerprint density at radius 1 is 1.40 bits per heavy atom. The predicted octanol–water partition coefficient (Wildman–Crippen LogP) is 2.01. The van der Waals surface area contributed by atoms with Crippen LogP contribution in [0.15, 0.2) is 24.3 Å². The molecule has 0 saturated heterocycles. The van der Waals surface area contributed by atoms with Crippen molar-refractivity contribution < 1.29 is 1.37 Å². The first-order valence-electron chi connectivity index (χ1n) is 3.86. The molecular formula is C9H13N. The first-order valence-corrected chi connectivity index (χ1v) is 3.36. The number of benzene rings is 1. The van der Waals surface area contributed by atoms with Gasteiger partial charge in [-0.2, -0.15) is 0 Å². The summed E-state index contributed by atoms with van der Waals surface area (Å²) in [4.78, 5) is 0. The maximum absolute atomic E-state index is 7.52. The minimum Gasteiger partial charge on any atom is -0.324 e. The zero-order valence-electron chi connectivity index (χ0n) is 7.39. The number of hydrogen-bond acceptors (Lipinski definition) is 1. The molecule has 0 aromatic heterocycles. The van der Waals surface area contributed by atoms with Crippen LogP contribution in [0.1, 0.15) is 25.4 Å². The smallest absolute Gasteiger partial charge is 0.0511 e. The highest BCUT2D eigenvalue weighted by Crippen LogP contribution is 2.09. The Morgan fingerprint density at radius 3 is 2.30 bits per heavy atom. The molecular weight excluding hydrogens is 122 g/mol. The van der Waals surface area contributed by atoms with Crippen LogP contribution < -0.4 is 5.73 Å². The van der Waals surface area contributed by atoms with Crippen molar-refractivity contribution in [2.24, 2.45) is 5.73 Å². The molecule has 0 radical (unpaired) electrons. The molecule has 2 N–H and O–H groups in total. The molecule has 0 bridgehead atoms. The van der Waals surface area contributed by atoms with Gasteiger partial charge in [0.1, 0.15) is 0 Å². The van der Waals surface area contributed by atoms with Gasteiger partial charge < -0.3 is 5.73 Å². The fraction of sp³-hybridized carbons (Fsp3) is 0.333. The van der Waals surface area contributed by atoms with Gasteiger partial charge >= 0.3 is 0 Å². The Balaban J connectivity index is 2.99. The lowest BCUT2D eigenvalue weighted by molar-refractivity contribution is 0.818. The third-order valence-corrected chi connectivity index (χ3v) is 1.51. The average molecular weight is 136 g/mol. The molecule has 1 aromatic carbocycles. The third-order valence-electron chi connectivity index (χ3n) is 1.51. The minimum atomic E-state index is -0.965. The van der Waals surface area contributed by atoms with Gasteiger partial charge in [0, 0.05) is 6.02 Å². The monoisotopic (exact) mass is 136 g/mol. The number of hydrogen-bond donors (Lipinski definition) is 1. The molecule has 1 atom stereocenters. The van der Waals surface area contributed by atoms with Crippen LogP contribution in [-0.4, -0.2) is 0 Å². The number of aryl methyl sites for hydroxylation is 1. The van der Waals surface area contributed by atoms with E-state index in [-0.39, 0.29) is 0 Å². The molecule has 1 unspecified atom stereocenters. The fourth-order valence-corrected chi connectivity index (χ4v) is 0.816. The van der Waals surface area contributed by atoms with Crippen molar-refractivity contribution in [2.75, 3.05) is 0 Å². The Morgan fingerprint density at radius 2 is 1.90 bits per heavy atom. The molecule has 1 nitrogen and oxygen atoms in total. The van der Waals surface area contributed by atoms with Gasteiger partial charge in [-0.15, -0.1) is 0 Å². The molecule has 0 aliphatic rings. The van der Waals surface area contributed by atoms with Crippen LogP contribution in [0.2, 0.25) is 0 Å². The van der Waals surface area contributed by atoms with E-state index in [0.29, 0.717) is 0 Å². The average Bonchev–Trinajstić information content (AvgIpc) is 1.86. The summed E-state index contributed by atoms with van der Waals surface area (Å²) < 4.78 is 7.52. The predicted molar refractivity (Wildman–Crippen MR) is 43.8 cm³/mol. The third kappa shape index (κ3) is 1.58. The number of nitrogens with two attached hydrogens (primary N) is 1. The van der Waals surface area contributed by atoms with Crippen molar-refractivity contribution in [3.05, 3.63) is 35.4 Å². The van der Waals surface area contributed by atoms with Gasteiger partial charge in [-0.05, 0) is 19.4 Å². The summed E-state index contributed by atoms with van der Waals surface area (Å²) in [5.74, 6) is 0. The largest absolute Gasteiger partial charge is 0.324 e. The molecule has 0 fully saturated rings. The Labute approximate surface area is 63.3 Å². The van der Waals surface area contributed by atoms with Crippen LogP contribution in [-0.2, 0) is 0 Å². The van der Waals surface area contributed by atoms with Crippen molar-refractivity contribution in [2.45, 2.75) is 19.9 Å². The minimum absolute atomic E-state index is 0.850. The fourth-order valence-electron chi connectivity index (χ4n) is 0.816. The molecule has 54 valence electrons. The lowest BCUT2D eigenvalue weighted by atomic mass is 10.1. The summed E-state index contributed by atoms with van der Waals surface area (Å²) >= 11 is 0. The molecule has 10 heavy (non-hydrogen) atoms. The number of rotatable bonds is 1. The van der Waals surface area contributed by atoms with E-state index in [0.717, 1.165) is 5.56 Å². The molecule has 1 aromatic rings. The van der Waals surface area contributed by atoms with Crippen LogP contribution in [0, 0.1) is 6.92 Å². The summed E-state index contributed by atoms with van der Waals surface area (Å²) in [6, 6.07) is 6.75. The van der Waals surface area contributed by atoms with Crippen LogP contribution in [0.3, 0.4) is 0 Å². The maximum Gasteiger partial charge on any atom is 0.0511 e. The Bertz CT molecular complexity index is 233. The van der Waals surface area contributed by atoms with Crippen LogP contribution >= 0.6 is 0 Å². The van der Waals surface area contributed by atoms with Crippen molar-refractivity contribution >= 4 is 0 Å². The van der Waals surface area contributed by atoms with Gasteiger partial charge in [0.15, 0.2) is 0 Å². The normalized spacial score (nSPS) is 17.7. The summed E-state index contributed by atoms with van der Waals surface area (Å²) in [5.41, 5.74) is 7.62. The van der Waals surface area contributed by atoms with E-state index in [2.05, 4.69) is 0 Å². The highest BCUT2D eigenvalue weighted by Gasteiger charge is 1.95. The molecule has 0 aliphatic heterocycles. The molecule has 0 spiro atoms. The quantitative estimate of drug-likeness (QED) is 0.628. The molecule has 0 heterocycles. The van der Waals surface area contributed by atoms with Crippen molar-refractivity contribution in [3.8, 4) is 0 Å². The first kappa shape index (κ1) is 5.93. The van der Waals surface area contributed by atoms with Crippen LogP contribution in [0.4, 0.5) is 0 Å². The van der Waals surface area contributed by atoms with E-state index in [9.17, 15) is 0 Å². The zero-order chi connectivity index (χ0) is 8.48. The Kier molecular flexibility index (Phi) is 1.68. The summed E-state index contributed by atoms with van der Waals surface area (Å²) in [6.45, 7) is 3.69. The van der Waals surface area contributed by atoms with E-state index >= 15 is 0 Å². The van der Waals surface area contributed by atoms with E-state index in [1.807, 2.05) is 31.2 Å². The SMILES string of the molecule is [2H]C(C)(N)c1ccc(C)cc1. The van der Waals surface area contributed by atoms with Crippen molar-refractivity contribution in [1.29, 1.82) is 0 Å². The summed E-state index contributed by atoms with van der Waals surface area (Å²) in [7, 11) is 0. The van der Waals surface area contributed by atoms with E-state index < -0.39 is 6.02 Å². The lowest BCUT2D eigenvalue weighted by Crippen LogP contribution is -2.04. The van der Waals surface area contributed by atoms with Gasteiger partial charge in [0.25, 0.3) is 0 Å². The molecule has 1 heteroatoms. The lowest BCUT2D eigenvalue weighted by Gasteiger charge is -2.03. The molecule has 0 amide bonds. The highest BCUT2D eigenvalue weighted by atomic mass is 14.6. The molecule has 0 saturated carbocycles. The summed E-state index contributed by atoms with van der Waals surface area (Å²) in [6.07, 6.45) is 0. The second-order valence-corrected chi connectivity index (χ2v) is 2.55.